The lowest BCUT2D eigenvalue weighted by molar-refractivity contribution is -0.384. The van der Waals surface area contributed by atoms with E-state index in [4.69, 9.17) is 9.47 Å². The number of carbonyl (C=O) groups excluding carboxylic acids is 2. The second-order valence-corrected chi connectivity index (χ2v) is 8.80. The van der Waals surface area contributed by atoms with Crippen LogP contribution in [0.5, 0.6) is 0 Å². The monoisotopic (exact) mass is 434 g/mol. The zero-order chi connectivity index (χ0) is 22.6. The van der Waals surface area contributed by atoms with Crippen molar-refractivity contribution in [2.24, 2.45) is 0 Å². The van der Waals surface area contributed by atoms with E-state index in [9.17, 15) is 19.7 Å². The fourth-order valence-electron chi connectivity index (χ4n) is 3.63. The van der Waals surface area contributed by atoms with Crippen LogP contribution in [0.25, 0.3) is 0 Å². The van der Waals surface area contributed by atoms with Crippen LogP contribution in [-0.2, 0) is 9.47 Å². The Morgan fingerprint density at radius 1 is 0.935 bits per heavy atom. The first-order chi connectivity index (χ1) is 14.6. The molecule has 2 aliphatic heterocycles. The molecule has 1 aromatic carbocycles. The number of piperazine rings is 1. The van der Waals surface area contributed by atoms with Crippen LogP contribution in [0.2, 0.25) is 0 Å². The van der Waals surface area contributed by atoms with Crippen molar-refractivity contribution in [3.63, 3.8) is 0 Å². The Morgan fingerprint density at radius 3 is 1.94 bits per heavy atom. The van der Waals surface area contributed by atoms with Gasteiger partial charge in [0.1, 0.15) is 11.7 Å². The lowest BCUT2D eigenvalue weighted by Gasteiger charge is -2.37. The zero-order valence-corrected chi connectivity index (χ0v) is 18.3. The Morgan fingerprint density at radius 2 is 1.45 bits per heavy atom. The van der Waals surface area contributed by atoms with Crippen molar-refractivity contribution in [2.45, 2.75) is 45.3 Å². The molecule has 2 fully saturated rings. The summed E-state index contributed by atoms with van der Waals surface area (Å²) in [5, 5.41) is 10.8. The zero-order valence-electron chi connectivity index (χ0n) is 18.3. The summed E-state index contributed by atoms with van der Waals surface area (Å²) in [4.78, 5) is 40.4. The molecule has 0 radical (unpaired) electrons. The van der Waals surface area contributed by atoms with Gasteiger partial charge in [-0.1, -0.05) is 0 Å². The SMILES string of the molecule is CC(C)(C)OC(=O)N1CCN(C(=O)OC2CCN(c3ccc([N+](=O)[O-])cc3)CC2)CC1. The Bertz CT molecular complexity index is 791. The number of piperidine rings is 1. The van der Waals surface area contributed by atoms with Gasteiger partial charge in [-0.15, -0.1) is 0 Å². The number of nitro groups is 1. The molecular weight excluding hydrogens is 404 g/mol. The van der Waals surface area contributed by atoms with E-state index < -0.39 is 10.5 Å². The third kappa shape index (κ3) is 6.22. The van der Waals surface area contributed by atoms with Crippen LogP contribution < -0.4 is 4.90 Å². The topological polar surface area (TPSA) is 105 Å². The molecule has 2 heterocycles. The number of anilines is 1. The molecule has 3 rings (SSSR count). The predicted molar refractivity (Wildman–Crippen MR) is 114 cm³/mol. The van der Waals surface area contributed by atoms with E-state index >= 15 is 0 Å². The van der Waals surface area contributed by atoms with Gasteiger partial charge in [-0.3, -0.25) is 10.1 Å². The van der Waals surface area contributed by atoms with Gasteiger partial charge in [-0.05, 0) is 32.9 Å². The van der Waals surface area contributed by atoms with Crippen LogP contribution >= 0.6 is 0 Å². The van der Waals surface area contributed by atoms with Gasteiger partial charge in [0, 0.05) is 69.9 Å². The van der Waals surface area contributed by atoms with E-state index in [1.807, 2.05) is 20.8 Å². The van der Waals surface area contributed by atoms with Crippen molar-refractivity contribution in [3.05, 3.63) is 34.4 Å². The molecule has 2 saturated heterocycles. The summed E-state index contributed by atoms with van der Waals surface area (Å²) < 4.78 is 11.1. The summed E-state index contributed by atoms with van der Waals surface area (Å²) in [6.45, 7) is 8.57. The van der Waals surface area contributed by atoms with Gasteiger partial charge in [0.05, 0.1) is 4.92 Å². The average Bonchev–Trinajstić information content (AvgIpc) is 2.73. The van der Waals surface area contributed by atoms with Crippen molar-refractivity contribution >= 4 is 23.6 Å². The summed E-state index contributed by atoms with van der Waals surface area (Å²) >= 11 is 0. The molecule has 10 nitrogen and oxygen atoms in total. The fraction of sp³-hybridized carbons (Fsp3) is 0.619. The molecule has 0 aromatic heterocycles. The number of non-ortho nitro benzene ring substituents is 1. The first kappa shape index (κ1) is 22.6. The minimum Gasteiger partial charge on any atom is -0.446 e. The van der Waals surface area contributed by atoms with E-state index in [-0.39, 0.29) is 24.0 Å². The van der Waals surface area contributed by atoms with Gasteiger partial charge in [-0.25, -0.2) is 9.59 Å². The highest BCUT2D eigenvalue weighted by molar-refractivity contribution is 5.70. The highest BCUT2D eigenvalue weighted by Crippen LogP contribution is 2.24. The maximum atomic E-state index is 12.5. The van der Waals surface area contributed by atoms with Crippen LogP contribution in [0.4, 0.5) is 21.0 Å². The van der Waals surface area contributed by atoms with E-state index in [0.717, 1.165) is 5.69 Å². The number of rotatable bonds is 3. The molecule has 0 unspecified atom stereocenters. The van der Waals surface area contributed by atoms with Gasteiger partial charge in [0.25, 0.3) is 5.69 Å². The van der Waals surface area contributed by atoms with Gasteiger partial charge in [0.15, 0.2) is 0 Å². The van der Waals surface area contributed by atoms with Crippen LogP contribution in [0.3, 0.4) is 0 Å². The third-order valence-electron chi connectivity index (χ3n) is 5.32. The van der Waals surface area contributed by atoms with Crippen molar-refractivity contribution in [2.75, 3.05) is 44.2 Å². The molecule has 0 spiro atoms. The number of ether oxygens (including phenoxy) is 2. The Hall–Kier alpha value is -3.04. The molecule has 31 heavy (non-hydrogen) atoms. The van der Waals surface area contributed by atoms with Gasteiger partial charge >= 0.3 is 12.2 Å². The minimum absolute atomic E-state index is 0.0688. The quantitative estimate of drug-likeness (QED) is 0.531. The van der Waals surface area contributed by atoms with E-state index in [1.165, 1.54) is 12.1 Å². The largest absolute Gasteiger partial charge is 0.446 e. The van der Waals surface area contributed by atoms with Gasteiger partial charge in [0.2, 0.25) is 0 Å². The van der Waals surface area contributed by atoms with Crippen molar-refractivity contribution in [3.8, 4) is 0 Å². The summed E-state index contributed by atoms with van der Waals surface area (Å²) in [6, 6.07) is 6.49. The fourth-order valence-corrected chi connectivity index (χ4v) is 3.63. The Balaban J connectivity index is 1.41. The number of nitro benzene ring substituents is 1. The lowest BCUT2D eigenvalue weighted by atomic mass is 10.1. The normalized spacial score (nSPS) is 18.0. The summed E-state index contributed by atoms with van der Waals surface area (Å²) in [5.41, 5.74) is 0.448. The smallest absolute Gasteiger partial charge is 0.410 e. The van der Waals surface area contributed by atoms with Crippen LogP contribution in [0.1, 0.15) is 33.6 Å². The number of carbonyl (C=O) groups is 2. The van der Waals surface area contributed by atoms with Crippen LogP contribution in [0, 0.1) is 10.1 Å². The Labute approximate surface area is 181 Å². The minimum atomic E-state index is -0.545. The summed E-state index contributed by atoms with van der Waals surface area (Å²) in [5.74, 6) is 0. The standard InChI is InChI=1S/C21H30N4O6/c1-21(2,3)31-20(27)24-14-12-23(13-15-24)19(26)30-18-8-10-22(11-9-18)16-4-6-17(7-5-16)25(28)29/h4-7,18H,8-15H2,1-3H3. The van der Waals surface area contributed by atoms with Crippen molar-refractivity contribution in [1.29, 1.82) is 0 Å². The number of amides is 2. The molecule has 170 valence electrons. The number of nitrogens with zero attached hydrogens (tertiary/aromatic N) is 4. The third-order valence-corrected chi connectivity index (χ3v) is 5.32. The summed E-state index contributed by atoms with van der Waals surface area (Å²) in [6.07, 6.45) is 0.517. The van der Waals surface area contributed by atoms with E-state index in [1.54, 1.807) is 21.9 Å². The van der Waals surface area contributed by atoms with Crippen LogP contribution in [-0.4, -0.2) is 77.9 Å². The maximum Gasteiger partial charge on any atom is 0.410 e. The number of benzene rings is 1. The van der Waals surface area contributed by atoms with Gasteiger partial charge < -0.3 is 24.2 Å². The molecule has 0 atom stereocenters. The molecule has 2 aliphatic rings. The van der Waals surface area contributed by atoms with Crippen LogP contribution in [0.15, 0.2) is 24.3 Å². The second kappa shape index (κ2) is 9.40. The molecule has 0 N–H and O–H groups in total. The van der Waals surface area contributed by atoms with Crippen molar-refractivity contribution in [1.82, 2.24) is 9.80 Å². The Kier molecular flexibility index (Phi) is 6.87. The predicted octanol–water partition coefficient (Wildman–Crippen LogP) is 3.25. The molecule has 1 aromatic rings. The second-order valence-electron chi connectivity index (χ2n) is 8.80. The van der Waals surface area contributed by atoms with Crippen molar-refractivity contribution < 1.29 is 24.0 Å². The van der Waals surface area contributed by atoms with E-state index in [0.29, 0.717) is 52.1 Å². The summed E-state index contributed by atoms with van der Waals surface area (Å²) in [7, 11) is 0. The highest BCUT2D eigenvalue weighted by atomic mass is 16.6. The van der Waals surface area contributed by atoms with Gasteiger partial charge in [-0.2, -0.15) is 0 Å². The molecule has 0 saturated carbocycles. The molecule has 0 aliphatic carbocycles. The number of hydrogen-bond donors (Lipinski definition) is 0. The lowest BCUT2D eigenvalue weighted by Crippen LogP contribution is -2.52. The molecule has 2 amide bonds. The first-order valence-electron chi connectivity index (χ1n) is 10.6. The number of hydrogen-bond acceptors (Lipinski definition) is 7. The average molecular weight is 434 g/mol. The maximum absolute atomic E-state index is 12.5. The molecular formula is C21H30N4O6. The van der Waals surface area contributed by atoms with E-state index in [2.05, 4.69) is 4.90 Å². The first-order valence-corrected chi connectivity index (χ1v) is 10.6. The molecule has 0 bridgehead atoms. The highest BCUT2D eigenvalue weighted by Gasteiger charge is 2.30. The molecule has 10 heteroatoms.